The minimum atomic E-state index is -1.06. The third-order valence-corrected chi connectivity index (χ3v) is 5.19. The van der Waals surface area contributed by atoms with Crippen molar-refractivity contribution in [3.63, 3.8) is 0 Å². The molecule has 0 bridgehead atoms. The van der Waals surface area contributed by atoms with E-state index in [0.29, 0.717) is 11.8 Å². The molecule has 0 radical (unpaired) electrons. The van der Waals surface area contributed by atoms with Gasteiger partial charge in [0.2, 0.25) is 0 Å². The number of thiol groups is 1. The van der Waals surface area contributed by atoms with E-state index >= 15 is 0 Å². The highest BCUT2D eigenvalue weighted by Crippen LogP contribution is 2.32. The topological polar surface area (TPSA) is 0 Å². The Kier molecular flexibility index (Phi) is 5.13. The molecule has 0 atom stereocenters. The van der Waals surface area contributed by atoms with Crippen LogP contribution in [-0.4, -0.2) is 8.07 Å². The third kappa shape index (κ3) is 4.17. The summed E-state index contributed by atoms with van der Waals surface area (Å²) in [6, 6.07) is 6.04. The Morgan fingerprint density at radius 2 is 1.33 bits per heavy atom. The Bertz CT molecular complexity index is 385. The van der Waals surface area contributed by atoms with E-state index in [2.05, 4.69) is 59.5 Å². The molecule has 0 aliphatic rings. The lowest BCUT2D eigenvalue weighted by Crippen LogP contribution is -2.24. The van der Waals surface area contributed by atoms with Crippen LogP contribution in [0.4, 0.5) is 0 Å². The zero-order valence-electron chi connectivity index (χ0n) is 13.0. The Labute approximate surface area is 120 Å². The second-order valence-electron chi connectivity index (χ2n) is 7.17. The van der Waals surface area contributed by atoms with Crippen LogP contribution in [0.15, 0.2) is 17.0 Å². The highest BCUT2D eigenvalue weighted by molar-refractivity contribution is 7.80. The van der Waals surface area contributed by atoms with Crippen LogP contribution in [0.25, 0.3) is 0 Å². The molecule has 0 aliphatic carbocycles. The smallest absolute Gasteiger partial charge is 0.0487 e. The number of rotatable bonds is 4. The van der Waals surface area contributed by atoms with Crippen molar-refractivity contribution in [3.8, 4) is 0 Å². The highest BCUT2D eigenvalue weighted by atomic mass is 32.1. The van der Waals surface area contributed by atoms with Crippen molar-refractivity contribution in [1.29, 1.82) is 0 Å². The van der Waals surface area contributed by atoms with Gasteiger partial charge in [-0.3, -0.25) is 0 Å². The van der Waals surface area contributed by atoms with Gasteiger partial charge in [0.15, 0.2) is 0 Å². The van der Waals surface area contributed by atoms with Gasteiger partial charge in [0.1, 0.15) is 0 Å². The molecule has 1 aromatic carbocycles. The maximum atomic E-state index is 4.76. The lowest BCUT2D eigenvalue weighted by molar-refractivity contribution is 0.791. The van der Waals surface area contributed by atoms with Crippen molar-refractivity contribution < 1.29 is 0 Å². The van der Waals surface area contributed by atoms with Gasteiger partial charge < -0.3 is 0 Å². The van der Waals surface area contributed by atoms with Crippen molar-refractivity contribution in [2.24, 2.45) is 0 Å². The first-order valence-electron chi connectivity index (χ1n) is 6.97. The molecule has 0 fully saturated rings. The summed E-state index contributed by atoms with van der Waals surface area (Å²) in [5, 5.41) is 0. The molecule has 0 nitrogen and oxygen atoms in total. The maximum absolute atomic E-state index is 4.76. The van der Waals surface area contributed by atoms with E-state index in [1.807, 2.05) is 0 Å². The minimum absolute atomic E-state index is 0.552. The molecule has 18 heavy (non-hydrogen) atoms. The molecule has 0 heterocycles. The van der Waals surface area contributed by atoms with E-state index in [4.69, 9.17) is 12.6 Å². The zero-order chi connectivity index (χ0) is 14.1. The maximum Gasteiger partial charge on any atom is 0.0487 e. The molecule has 1 aromatic rings. The summed E-state index contributed by atoms with van der Waals surface area (Å²) in [6.45, 7) is 16.4. The predicted octanol–water partition coefficient (Wildman–Crippen LogP) is 5.64. The molecule has 0 aromatic heterocycles. The summed E-state index contributed by atoms with van der Waals surface area (Å²) in [5.41, 5.74) is 4.34. The fourth-order valence-corrected chi connectivity index (χ4v) is 4.41. The van der Waals surface area contributed by atoms with Gasteiger partial charge in [-0.05, 0) is 29.0 Å². The largest absolute Gasteiger partial charge is 0.143 e. The van der Waals surface area contributed by atoms with E-state index in [9.17, 15) is 0 Å². The third-order valence-electron chi connectivity index (χ3n) is 3.21. The van der Waals surface area contributed by atoms with Crippen LogP contribution in [0.3, 0.4) is 0 Å². The van der Waals surface area contributed by atoms with Gasteiger partial charge in [0.05, 0.1) is 0 Å². The first-order chi connectivity index (χ1) is 8.11. The Balaban J connectivity index is 3.29. The van der Waals surface area contributed by atoms with Gasteiger partial charge in [0.25, 0.3) is 0 Å². The number of hydrogen-bond acceptors (Lipinski definition) is 1. The molecular formula is C16H28SSi. The molecule has 0 N–H and O–H groups in total. The van der Waals surface area contributed by atoms with Crippen molar-refractivity contribution in [1.82, 2.24) is 0 Å². The molecule has 0 saturated carbocycles. The Morgan fingerprint density at radius 1 is 0.944 bits per heavy atom. The molecule has 102 valence electrons. The van der Waals surface area contributed by atoms with Gasteiger partial charge >= 0.3 is 0 Å². The molecule has 0 spiro atoms. The van der Waals surface area contributed by atoms with Crippen LogP contribution in [0.5, 0.6) is 0 Å². The van der Waals surface area contributed by atoms with Crippen LogP contribution >= 0.6 is 12.6 Å². The highest BCUT2D eigenvalue weighted by Gasteiger charge is 2.18. The number of benzene rings is 1. The monoisotopic (exact) mass is 280 g/mol. The lowest BCUT2D eigenvalue weighted by atomic mass is 9.93. The van der Waals surface area contributed by atoms with Crippen molar-refractivity contribution in [2.75, 3.05) is 0 Å². The van der Waals surface area contributed by atoms with E-state index in [-0.39, 0.29) is 0 Å². The summed E-state index contributed by atoms with van der Waals surface area (Å²) in [6.07, 6.45) is 0. The fraction of sp³-hybridized carbons (Fsp3) is 0.625. The minimum Gasteiger partial charge on any atom is -0.143 e. The van der Waals surface area contributed by atoms with Crippen LogP contribution in [-0.2, 0) is 6.04 Å². The van der Waals surface area contributed by atoms with Gasteiger partial charge in [-0.2, -0.15) is 0 Å². The quantitative estimate of drug-likeness (QED) is 0.535. The Morgan fingerprint density at radius 3 is 1.61 bits per heavy atom. The SMILES string of the molecule is CC(C)c1cc(C[Si](C)(C)C)cc(C(C)C)c1S. The summed E-state index contributed by atoms with van der Waals surface area (Å²) in [5.74, 6) is 1.10. The average Bonchev–Trinajstić information content (AvgIpc) is 2.17. The first-order valence-corrected chi connectivity index (χ1v) is 11.1. The molecule has 2 heteroatoms. The molecular weight excluding hydrogens is 252 g/mol. The van der Waals surface area contributed by atoms with Gasteiger partial charge in [-0.15, -0.1) is 12.6 Å². The van der Waals surface area contributed by atoms with E-state index < -0.39 is 8.07 Å². The molecule has 0 saturated heterocycles. The van der Waals surface area contributed by atoms with Crippen LogP contribution in [0.1, 0.15) is 56.2 Å². The van der Waals surface area contributed by atoms with Gasteiger partial charge in [0, 0.05) is 13.0 Å². The summed E-state index contributed by atoms with van der Waals surface area (Å²) in [4.78, 5) is 1.21. The van der Waals surface area contributed by atoms with Crippen LogP contribution < -0.4 is 0 Å². The summed E-state index contributed by atoms with van der Waals surface area (Å²) in [7, 11) is -1.06. The van der Waals surface area contributed by atoms with Crippen LogP contribution in [0, 0.1) is 0 Å². The van der Waals surface area contributed by atoms with Gasteiger partial charge in [-0.1, -0.05) is 65.0 Å². The summed E-state index contributed by atoms with van der Waals surface area (Å²) >= 11 is 4.76. The molecule has 1 rings (SSSR count). The van der Waals surface area contributed by atoms with E-state index in [1.54, 1.807) is 0 Å². The second-order valence-corrected chi connectivity index (χ2v) is 13.1. The van der Waals surface area contributed by atoms with Crippen LogP contribution in [0.2, 0.25) is 19.6 Å². The van der Waals surface area contributed by atoms with E-state index in [0.717, 1.165) is 0 Å². The van der Waals surface area contributed by atoms with Gasteiger partial charge in [-0.25, -0.2) is 0 Å². The standard InChI is InChI=1S/C16H28SSi/c1-11(2)14-8-13(10-18(5,6)7)9-15(12(3)4)16(14)17/h8-9,11-12,17H,10H2,1-7H3. The predicted molar refractivity (Wildman–Crippen MR) is 88.9 cm³/mol. The zero-order valence-corrected chi connectivity index (χ0v) is 14.9. The van der Waals surface area contributed by atoms with Crippen molar-refractivity contribution in [3.05, 3.63) is 28.8 Å². The lowest BCUT2D eigenvalue weighted by Gasteiger charge is -2.22. The van der Waals surface area contributed by atoms with E-state index in [1.165, 1.54) is 27.6 Å². The van der Waals surface area contributed by atoms with Crippen molar-refractivity contribution >= 4 is 20.7 Å². The first kappa shape index (κ1) is 15.8. The summed E-state index contributed by atoms with van der Waals surface area (Å²) < 4.78 is 0. The molecule has 0 unspecified atom stereocenters. The fourth-order valence-electron chi connectivity index (χ4n) is 2.34. The van der Waals surface area contributed by atoms with Crippen molar-refractivity contribution in [2.45, 2.75) is 70.1 Å². The molecule has 0 amide bonds. The Hall–Kier alpha value is -0.213. The molecule has 0 aliphatic heterocycles. The number of hydrogen-bond donors (Lipinski definition) is 1. The second kappa shape index (κ2) is 5.83. The normalized spacial score (nSPS) is 12.6. The average molecular weight is 281 g/mol.